The molecular formula is C11H10O2S. The fraction of sp³-hybridized carbons (Fsp3) is 0.182. The Balaban J connectivity index is 2.57. The van der Waals surface area contributed by atoms with Crippen molar-refractivity contribution in [3.05, 3.63) is 29.1 Å². The minimum absolute atomic E-state index is 0.489. The molecule has 1 aromatic heterocycles. The van der Waals surface area contributed by atoms with Gasteiger partial charge in [0.2, 0.25) is 0 Å². The number of carbonyl (C=O) groups is 1. The van der Waals surface area contributed by atoms with Crippen molar-refractivity contribution in [1.82, 2.24) is 0 Å². The maximum absolute atomic E-state index is 10.4. The zero-order chi connectivity index (χ0) is 9.97. The number of thiophene rings is 1. The summed E-state index contributed by atoms with van der Waals surface area (Å²) in [6, 6.07) is 7.96. The van der Waals surface area contributed by atoms with Gasteiger partial charge in [0.15, 0.2) is 0 Å². The van der Waals surface area contributed by atoms with Crippen molar-refractivity contribution < 1.29 is 9.53 Å². The highest BCUT2D eigenvalue weighted by Crippen LogP contribution is 2.33. The normalized spacial score (nSPS) is 10.4. The Morgan fingerprint density at radius 1 is 1.50 bits per heavy atom. The zero-order valence-electron chi connectivity index (χ0n) is 7.82. The van der Waals surface area contributed by atoms with Crippen LogP contribution < -0.4 is 4.74 Å². The lowest BCUT2D eigenvalue weighted by molar-refractivity contribution is -0.107. The third-order valence-corrected chi connectivity index (χ3v) is 3.25. The minimum atomic E-state index is 0.489. The van der Waals surface area contributed by atoms with Crippen molar-refractivity contribution >= 4 is 27.7 Å². The molecular weight excluding hydrogens is 196 g/mol. The smallest absolute Gasteiger partial charge is 0.136 e. The quantitative estimate of drug-likeness (QED) is 0.722. The van der Waals surface area contributed by atoms with Gasteiger partial charge in [-0.05, 0) is 17.5 Å². The molecule has 2 aromatic rings. The minimum Gasteiger partial charge on any atom is -0.495 e. The number of aldehydes is 1. The number of benzene rings is 1. The molecule has 0 saturated carbocycles. The van der Waals surface area contributed by atoms with Gasteiger partial charge in [-0.15, -0.1) is 11.3 Å². The monoisotopic (exact) mass is 206 g/mol. The van der Waals surface area contributed by atoms with Crippen LogP contribution in [0, 0.1) is 0 Å². The molecule has 0 fully saturated rings. The van der Waals surface area contributed by atoms with E-state index in [1.54, 1.807) is 18.4 Å². The van der Waals surface area contributed by atoms with Crippen LogP contribution in [0.5, 0.6) is 5.75 Å². The van der Waals surface area contributed by atoms with Gasteiger partial charge in [-0.1, -0.05) is 12.1 Å². The topological polar surface area (TPSA) is 26.3 Å². The lowest BCUT2D eigenvalue weighted by atomic mass is 10.2. The average Bonchev–Trinajstić information content (AvgIpc) is 2.60. The SMILES string of the molecule is COc1cccc2cc(CC=O)sc12. The fourth-order valence-electron chi connectivity index (χ4n) is 1.43. The number of hydrogen-bond acceptors (Lipinski definition) is 3. The largest absolute Gasteiger partial charge is 0.495 e. The van der Waals surface area contributed by atoms with Gasteiger partial charge in [-0.2, -0.15) is 0 Å². The van der Waals surface area contributed by atoms with E-state index >= 15 is 0 Å². The van der Waals surface area contributed by atoms with Crippen LogP contribution in [0.15, 0.2) is 24.3 Å². The third-order valence-electron chi connectivity index (χ3n) is 2.06. The molecule has 0 aliphatic carbocycles. The predicted molar refractivity (Wildman–Crippen MR) is 58.1 cm³/mol. The molecule has 3 heteroatoms. The summed E-state index contributed by atoms with van der Waals surface area (Å²) in [7, 11) is 1.66. The standard InChI is InChI=1S/C11H10O2S/c1-13-10-4-2-3-8-7-9(5-6-12)14-11(8)10/h2-4,6-7H,5H2,1H3. The summed E-state index contributed by atoms with van der Waals surface area (Å²) in [5, 5.41) is 1.14. The molecule has 0 radical (unpaired) electrons. The summed E-state index contributed by atoms with van der Waals surface area (Å²) in [4.78, 5) is 11.5. The van der Waals surface area contributed by atoms with Crippen LogP contribution in [-0.2, 0) is 11.2 Å². The Hall–Kier alpha value is -1.35. The Kier molecular flexibility index (Phi) is 2.50. The molecule has 2 rings (SSSR count). The van der Waals surface area contributed by atoms with E-state index in [-0.39, 0.29) is 0 Å². The Labute approximate surface area is 86.1 Å². The van der Waals surface area contributed by atoms with Gasteiger partial charge in [0, 0.05) is 11.3 Å². The second-order valence-electron chi connectivity index (χ2n) is 2.96. The molecule has 0 saturated heterocycles. The summed E-state index contributed by atoms with van der Waals surface area (Å²) in [5.41, 5.74) is 0. The van der Waals surface area contributed by atoms with E-state index in [2.05, 4.69) is 0 Å². The molecule has 0 amide bonds. The van der Waals surface area contributed by atoms with E-state index in [0.717, 1.165) is 27.0 Å². The summed E-state index contributed by atoms with van der Waals surface area (Å²) < 4.78 is 6.36. The number of hydrogen-bond donors (Lipinski definition) is 0. The molecule has 0 aliphatic rings. The van der Waals surface area contributed by atoms with Crippen molar-refractivity contribution in [3.8, 4) is 5.75 Å². The highest BCUT2D eigenvalue weighted by atomic mass is 32.1. The van der Waals surface area contributed by atoms with Crippen LogP contribution >= 0.6 is 11.3 Å². The van der Waals surface area contributed by atoms with Gasteiger partial charge in [0.05, 0.1) is 11.8 Å². The third kappa shape index (κ3) is 1.51. The van der Waals surface area contributed by atoms with Crippen LogP contribution in [0.25, 0.3) is 10.1 Å². The molecule has 0 unspecified atom stereocenters. The first-order valence-corrected chi connectivity index (χ1v) is 5.16. The number of fused-ring (bicyclic) bond motifs is 1. The van der Waals surface area contributed by atoms with E-state index in [1.165, 1.54) is 0 Å². The molecule has 72 valence electrons. The Morgan fingerprint density at radius 2 is 2.36 bits per heavy atom. The molecule has 1 aromatic carbocycles. The fourth-order valence-corrected chi connectivity index (χ4v) is 2.53. The number of carbonyl (C=O) groups excluding carboxylic acids is 1. The highest BCUT2D eigenvalue weighted by Gasteiger charge is 2.05. The van der Waals surface area contributed by atoms with E-state index in [4.69, 9.17) is 4.74 Å². The van der Waals surface area contributed by atoms with E-state index < -0.39 is 0 Å². The van der Waals surface area contributed by atoms with Crippen molar-refractivity contribution in [2.75, 3.05) is 7.11 Å². The second kappa shape index (κ2) is 3.80. The Bertz CT molecular complexity index is 459. The predicted octanol–water partition coefficient (Wildman–Crippen LogP) is 2.65. The summed E-state index contributed by atoms with van der Waals surface area (Å²) in [6.07, 6.45) is 1.42. The maximum atomic E-state index is 10.4. The molecule has 2 nitrogen and oxygen atoms in total. The first-order chi connectivity index (χ1) is 6.85. The van der Waals surface area contributed by atoms with Crippen LogP contribution in [0.1, 0.15) is 4.88 Å². The average molecular weight is 206 g/mol. The molecule has 0 N–H and O–H groups in total. The first kappa shape index (κ1) is 9.21. The molecule has 0 aliphatic heterocycles. The van der Waals surface area contributed by atoms with Crippen molar-refractivity contribution in [2.45, 2.75) is 6.42 Å². The summed E-state index contributed by atoms with van der Waals surface area (Å²) in [6.45, 7) is 0. The maximum Gasteiger partial charge on any atom is 0.136 e. The molecule has 14 heavy (non-hydrogen) atoms. The first-order valence-electron chi connectivity index (χ1n) is 4.34. The zero-order valence-corrected chi connectivity index (χ0v) is 8.64. The lowest BCUT2D eigenvalue weighted by Gasteiger charge is -1.98. The van der Waals surface area contributed by atoms with Gasteiger partial charge in [-0.25, -0.2) is 0 Å². The number of ether oxygens (including phenoxy) is 1. The van der Waals surface area contributed by atoms with E-state index in [9.17, 15) is 4.79 Å². The molecule has 0 bridgehead atoms. The van der Waals surface area contributed by atoms with Crippen LogP contribution in [0.4, 0.5) is 0 Å². The van der Waals surface area contributed by atoms with Gasteiger partial charge >= 0.3 is 0 Å². The van der Waals surface area contributed by atoms with Crippen LogP contribution in [0.3, 0.4) is 0 Å². The number of rotatable bonds is 3. The van der Waals surface area contributed by atoms with Gasteiger partial charge in [0.25, 0.3) is 0 Å². The van der Waals surface area contributed by atoms with Crippen molar-refractivity contribution in [3.63, 3.8) is 0 Å². The van der Waals surface area contributed by atoms with Crippen LogP contribution in [-0.4, -0.2) is 13.4 Å². The van der Waals surface area contributed by atoms with Gasteiger partial charge < -0.3 is 9.53 Å². The molecule has 1 heterocycles. The Morgan fingerprint density at radius 3 is 3.07 bits per heavy atom. The second-order valence-corrected chi connectivity index (χ2v) is 4.10. The van der Waals surface area contributed by atoms with Gasteiger partial charge in [0.1, 0.15) is 12.0 Å². The van der Waals surface area contributed by atoms with Crippen molar-refractivity contribution in [2.24, 2.45) is 0 Å². The number of methoxy groups -OCH3 is 1. The molecule has 0 spiro atoms. The van der Waals surface area contributed by atoms with E-state index in [1.807, 2.05) is 24.3 Å². The summed E-state index contributed by atoms with van der Waals surface area (Å²) in [5.74, 6) is 0.879. The van der Waals surface area contributed by atoms with Gasteiger partial charge in [-0.3, -0.25) is 0 Å². The van der Waals surface area contributed by atoms with E-state index in [0.29, 0.717) is 6.42 Å². The lowest BCUT2D eigenvalue weighted by Crippen LogP contribution is -1.80. The van der Waals surface area contributed by atoms with Crippen molar-refractivity contribution in [1.29, 1.82) is 0 Å². The molecule has 0 atom stereocenters. The van der Waals surface area contributed by atoms with Crippen LogP contribution in [0.2, 0.25) is 0 Å². The summed E-state index contributed by atoms with van der Waals surface area (Å²) >= 11 is 1.62. The highest BCUT2D eigenvalue weighted by molar-refractivity contribution is 7.19.